The van der Waals surface area contributed by atoms with Crippen molar-refractivity contribution in [1.29, 1.82) is 0 Å². The van der Waals surface area contributed by atoms with E-state index in [1.54, 1.807) is 6.07 Å². The number of aliphatic hydroxyl groups is 2. The predicted molar refractivity (Wildman–Crippen MR) is 90.8 cm³/mol. The molecule has 2 heterocycles. The van der Waals surface area contributed by atoms with Crippen LogP contribution in [0.15, 0.2) is 12.1 Å². The van der Waals surface area contributed by atoms with Gasteiger partial charge in [-0.15, -0.1) is 0 Å². The highest BCUT2D eigenvalue weighted by atomic mass is 16.5. The molecule has 2 aliphatic heterocycles. The number of hydrogen-bond acceptors (Lipinski definition) is 5. The fourth-order valence-corrected chi connectivity index (χ4v) is 6.46. The Balaban J connectivity index is 1.57. The molecular formula is C20H25NO4. The molecule has 5 nitrogen and oxygen atoms in total. The number of ether oxygens (including phenoxy) is 1. The number of aromatic hydroxyl groups is 1. The Labute approximate surface area is 147 Å². The molecule has 2 saturated carbocycles. The topological polar surface area (TPSA) is 73.2 Å². The second-order valence-corrected chi connectivity index (χ2v) is 8.90. The van der Waals surface area contributed by atoms with E-state index in [4.69, 9.17) is 4.74 Å². The molecule has 1 saturated heterocycles. The molecule has 5 atom stereocenters. The molecule has 0 radical (unpaired) electrons. The summed E-state index contributed by atoms with van der Waals surface area (Å²) < 4.78 is 6.14. The molecule has 3 aliphatic carbocycles. The second-order valence-electron chi connectivity index (χ2n) is 8.90. The Hall–Kier alpha value is -1.30. The van der Waals surface area contributed by atoms with Crippen LogP contribution >= 0.6 is 0 Å². The van der Waals surface area contributed by atoms with Crippen molar-refractivity contribution in [2.75, 3.05) is 13.1 Å². The van der Waals surface area contributed by atoms with Gasteiger partial charge in [0.25, 0.3) is 0 Å². The third-order valence-electron chi connectivity index (χ3n) is 7.73. The zero-order valence-electron chi connectivity index (χ0n) is 14.3. The van der Waals surface area contributed by atoms with Crippen LogP contribution in [-0.2, 0) is 11.8 Å². The van der Waals surface area contributed by atoms with Crippen molar-refractivity contribution >= 4 is 0 Å². The lowest BCUT2D eigenvalue weighted by Crippen LogP contribution is -2.77. The van der Waals surface area contributed by atoms with Crippen molar-refractivity contribution < 1.29 is 20.1 Å². The van der Waals surface area contributed by atoms with Crippen molar-refractivity contribution in [3.63, 3.8) is 0 Å². The molecule has 0 aromatic heterocycles. The van der Waals surface area contributed by atoms with Gasteiger partial charge in [-0.05, 0) is 62.6 Å². The van der Waals surface area contributed by atoms with Gasteiger partial charge in [-0.1, -0.05) is 6.07 Å². The van der Waals surface area contributed by atoms with Crippen LogP contribution in [0.4, 0.5) is 0 Å². The highest BCUT2D eigenvalue weighted by molar-refractivity contribution is 5.62. The summed E-state index contributed by atoms with van der Waals surface area (Å²) in [4.78, 5) is 2.51. The van der Waals surface area contributed by atoms with Gasteiger partial charge in [-0.3, -0.25) is 4.90 Å². The normalized spacial score (nSPS) is 44.3. The van der Waals surface area contributed by atoms with Gasteiger partial charge in [0, 0.05) is 18.2 Å². The van der Waals surface area contributed by atoms with Gasteiger partial charge >= 0.3 is 0 Å². The van der Waals surface area contributed by atoms with E-state index in [1.807, 2.05) is 6.07 Å². The van der Waals surface area contributed by atoms with Crippen LogP contribution in [0.2, 0.25) is 0 Å². The molecule has 3 fully saturated rings. The van der Waals surface area contributed by atoms with E-state index in [2.05, 4.69) is 4.90 Å². The van der Waals surface area contributed by atoms with Crippen LogP contribution in [0.1, 0.15) is 43.2 Å². The Morgan fingerprint density at radius 3 is 2.84 bits per heavy atom. The number of aliphatic hydroxyl groups excluding tert-OH is 1. The van der Waals surface area contributed by atoms with Crippen LogP contribution in [0.25, 0.3) is 0 Å². The summed E-state index contributed by atoms with van der Waals surface area (Å²) in [7, 11) is 0. The average Bonchev–Trinajstić information content (AvgIpc) is 3.32. The lowest BCUT2D eigenvalue weighted by atomic mass is 9.48. The van der Waals surface area contributed by atoms with Crippen LogP contribution < -0.4 is 4.74 Å². The van der Waals surface area contributed by atoms with E-state index >= 15 is 0 Å². The van der Waals surface area contributed by atoms with E-state index in [1.165, 1.54) is 18.4 Å². The zero-order valence-corrected chi connectivity index (χ0v) is 14.3. The highest BCUT2D eigenvalue weighted by Gasteiger charge is 2.72. The minimum atomic E-state index is -0.879. The number of rotatable bonds is 2. The molecule has 25 heavy (non-hydrogen) atoms. The van der Waals surface area contributed by atoms with Crippen molar-refractivity contribution in [1.82, 2.24) is 4.90 Å². The first-order valence-electron chi connectivity index (χ1n) is 9.71. The fraction of sp³-hybridized carbons (Fsp3) is 0.700. The molecule has 0 amide bonds. The number of piperidine rings is 1. The van der Waals surface area contributed by atoms with Crippen LogP contribution in [-0.4, -0.2) is 57.2 Å². The van der Waals surface area contributed by atoms with Gasteiger partial charge < -0.3 is 20.1 Å². The standard InChI is InChI=1S/C20H25NO4/c22-13-4-3-12-9-15-20(24)6-5-14(23)18-19(20,16(12)17(13)25-18)7-8-21(15)10-11-1-2-11/h3-4,11,14-15,18,22-24H,1-2,5-10H2/t14-,15?,18-,19-,20+/m1/s1. The molecule has 5 heteroatoms. The number of benzene rings is 1. The van der Waals surface area contributed by atoms with Crippen LogP contribution in [0.5, 0.6) is 11.5 Å². The molecule has 1 aromatic rings. The maximum absolute atomic E-state index is 12.0. The maximum Gasteiger partial charge on any atom is 0.165 e. The van der Waals surface area contributed by atoms with Crippen molar-refractivity contribution in [3.8, 4) is 11.5 Å². The van der Waals surface area contributed by atoms with E-state index < -0.39 is 23.2 Å². The highest BCUT2D eigenvalue weighted by Crippen LogP contribution is 2.65. The van der Waals surface area contributed by atoms with E-state index in [9.17, 15) is 15.3 Å². The summed E-state index contributed by atoms with van der Waals surface area (Å²) in [5, 5.41) is 33.1. The number of nitrogens with zero attached hydrogens (tertiary/aromatic N) is 1. The van der Waals surface area contributed by atoms with Crippen molar-refractivity contribution in [2.45, 2.75) is 67.8 Å². The smallest absolute Gasteiger partial charge is 0.165 e. The van der Waals surface area contributed by atoms with Crippen LogP contribution in [0, 0.1) is 5.92 Å². The predicted octanol–water partition coefficient (Wildman–Crippen LogP) is 1.32. The molecule has 6 rings (SSSR count). The number of phenols is 1. The van der Waals surface area contributed by atoms with Gasteiger partial charge in [-0.2, -0.15) is 0 Å². The molecular weight excluding hydrogens is 318 g/mol. The maximum atomic E-state index is 12.0. The molecule has 134 valence electrons. The summed E-state index contributed by atoms with van der Waals surface area (Å²) in [5.74, 6) is 1.44. The number of likely N-dealkylation sites (tertiary alicyclic amines) is 1. The van der Waals surface area contributed by atoms with Gasteiger partial charge in [-0.25, -0.2) is 0 Å². The van der Waals surface area contributed by atoms with Gasteiger partial charge in [0.1, 0.15) is 6.10 Å². The van der Waals surface area contributed by atoms with Crippen LogP contribution in [0.3, 0.4) is 0 Å². The van der Waals surface area contributed by atoms with Gasteiger partial charge in [0.2, 0.25) is 0 Å². The lowest BCUT2D eigenvalue weighted by molar-refractivity contribution is -0.208. The summed E-state index contributed by atoms with van der Waals surface area (Å²) >= 11 is 0. The summed E-state index contributed by atoms with van der Waals surface area (Å²) in [5.41, 5.74) is 0.716. The average molecular weight is 343 g/mol. The first kappa shape index (κ1) is 14.8. The summed E-state index contributed by atoms with van der Waals surface area (Å²) in [6.45, 7) is 2.02. The number of hydrogen-bond donors (Lipinski definition) is 3. The quantitative estimate of drug-likeness (QED) is 0.755. The first-order valence-corrected chi connectivity index (χ1v) is 9.71. The summed E-state index contributed by atoms with van der Waals surface area (Å²) in [6, 6.07) is 3.79. The first-order chi connectivity index (χ1) is 12.0. The van der Waals surface area contributed by atoms with Crippen molar-refractivity contribution in [3.05, 3.63) is 23.3 Å². The SMILES string of the molecule is Oc1ccc2c3c1O[C@@H]1[C@H](O)CC[C@]4(O)C(C2)N(CC2CC2)CC[C@@]314. The van der Waals surface area contributed by atoms with Gasteiger partial charge in [0.05, 0.1) is 17.1 Å². The summed E-state index contributed by atoms with van der Waals surface area (Å²) in [6.07, 6.45) is 4.35. The lowest BCUT2D eigenvalue weighted by Gasteiger charge is -2.63. The molecule has 1 spiro atoms. The van der Waals surface area contributed by atoms with E-state index in [0.717, 1.165) is 37.4 Å². The van der Waals surface area contributed by atoms with Crippen molar-refractivity contribution in [2.24, 2.45) is 5.92 Å². The van der Waals surface area contributed by atoms with E-state index in [-0.39, 0.29) is 11.8 Å². The monoisotopic (exact) mass is 343 g/mol. The fourth-order valence-electron chi connectivity index (χ4n) is 6.46. The van der Waals surface area contributed by atoms with E-state index in [0.29, 0.717) is 18.6 Å². The molecule has 5 aliphatic rings. The Morgan fingerprint density at radius 2 is 2.04 bits per heavy atom. The molecule has 1 aromatic carbocycles. The number of phenolic OH excluding ortho intramolecular Hbond substituents is 1. The third kappa shape index (κ3) is 1.61. The largest absolute Gasteiger partial charge is 0.504 e. The molecule has 1 unspecified atom stereocenters. The minimum absolute atomic E-state index is 0.0865. The van der Waals surface area contributed by atoms with Gasteiger partial charge in [0.15, 0.2) is 11.5 Å². The Kier molecular flexibility index (Phi) is 2.67. The Bertz CT molecular complexity index is 762. The molecule has 2 bridgehead atoms. The second kappa shape index (κ2) is 4.51. The third-order valence-corrected chi connectivity index (χ3v) is 7.73. The zero-order chi connectivity index (χ0) is 17.0. The Morgan fingerprint density at radius 1 is 1.20 bits per heavy atom. The molecule has 3 N–H and O–H groups in total. The minimum Gasteiger partial charge on any atom is -0.504 e.